The van der Waals surface area contributed by atoms with Gasteiger partial charge in [-0.3, -0.25) is 14.4 Å². The van der Waals surface area contributed by atoms with Crippen molar-refractivity contribution in [2.24, 2.45) is 5.41 Å². The molecular weight excluding hydrogens is 354 g/mol. The van der Waals surface area contributed by atoms with E-state index in [1.54, 1.807) is 6.07 Å². The number of nitriles is 1. The maximum Gasteiger partial charge on any atom is 0.261 e. The number of nitrogens with zero attached hydrogens (tertiary/aromatic N) is 1. The second-order valence-corrected chi connectivity index (χ2v) is 7.48. The summed E-state index contributed by atoms with van der Waals surface area (Å²) in [5.41, 5.74) is 0.227. The van der Waals surface area contributed by atoms with Crippen molar-refractivity contribution in [2.75, 3.05) is 5.32 Å². The molecule has 0 aliphatic heterocycles. The minimum Gasteiger partial charge on any atom is -0.325 e. The molecule has 1 amide bonds. The Kier molecular flexibility index (Phi) is 4.43. The van der Waals surface area contributed by atoms with Crippen LogP contribution in [-0.4, -0.2) is 16.7 Å². The molecule has 132 valence electrons. The highest BCUT2D eigenvalue weighted by Crippen LogP contribution is 2.33. The van der Waals surface area contributed by atoms with Crippen molar-refractivity contribution in [3.63, 3.8) is 0 Å². The van der Waals surface area contributed by atoms with Crippen LogP contribution in [0.1, 0.15) is 52.2 Å². The van der Waals surface area contributed by atoms with Gasteiger partial charge in [0.05, 0.1) is 16.3 Å². The summed E-state index contributed by atoms with van der Waals surface area (Å²) in [5, 5.41) is 11.9. The van der Waals surface area contributed by atoms with Crippen LogP contribution in [0.4, 0.5) is 5.69 Å². The number of aromatic nitrogens is 1. The number of H-pyrrole nitrogens is 1. The molecular formula is C19H16ClN3O3. The van der Waals surface area contributed by atoms with E-state index in [2.05, 4.69) is 10.3 Å². The number of pyridine rings is 1. The minimum atomic E-state index is -0.703. The number of halogens is 1. The summed E-state index contributed by atoms with van der Waals surface area (Å²) in [6.07, 6.45) is 0.901. The van der Waals surface area contributed by atoms with Crippen LogP contribution in [0.25, 0.3) is 0 Å². The standard InChI is InChI=1S/C19H16ClN3O3/c1-19(2)7-15-10(16(24)8-19)6-11(18(26)23-15)17(25)22-14-5-3-4-13(20)12(14)9-21/h3-6H,7-8H2,1-2H3,(H,22,25)(H,23,26). The van der Waals surface area contributed by atoms with Gasteiger partial charge in [0.25, 0.3) is 11.5 Å². The molecule has 1 aliphatic rings. The highest BCUT2D eigenvalue weighted by molar-refractivity contribution is 6.32. The number of carbonyl (C=O) groups is 2. The van der Waals surface area contributed by atoms with E-state index in [0.717, 1.165) is 0 Å². The molecule has 7 heteroatoms. The number of fused-ring (bicyclic) bond motifs is 1. The number of hydrogen-bond acceptors (Lipinski definition) is 4. The number of Topliss-reactive ketones (excluding diaryl/α,β-unsaturated/α-hetero) is 1. The zero-order chi connectivity index (χ0) is 19.1. The third-order valence-electron chi connectivity index (χ3n) is 4.34. The molecule has 3 rings (SSSR count). The SMILES string of the molecule is CC1(C)CC(=O)c2cc(C(=O)Nc3cccc(Cl)c3C#N)c(=O)[nH]c2C1. The van der Waals surface area contributed by atoms with Gasteiger partial charge in [-0.15, -0.1) is 0 Å². The van der Waals surface area contributed by atoms with Gasteiger partial charge in [0.1, 0.15) is 11.6 Å². The lowest BCUT2D eigenvalue weighted by Crippen LogP contribution is -2.32. The molecule has 26 heavy (non-hydrogen) atoms. The van der Waals surface area contributed by atoms with Crippen LogP contribution in [0.3, 0.4) is 0 Å². The topological polar surface area (TPSA) is 103 Å². The van der Waals surface area contributed by atoms with E-state index in [0.29, 0.717) is 24.1 Å². The third kappa shape index (κ3) is 3.26. The molecule has 1 aromatic carbocycles. The Morgan fingerprint density at radius 3 is 2.73 bits per heavy atom. The quantitative estimate of drug-likeness (QED) is 0.847. The highest BCUT2D eigenvalue weighted by Gasteiger charge is 2.32. The Balaban J connectivity index is 1.99. The van der Waals surface area contributed by atoms with E-state index in [4.69, 9.17) is 11.6 Å². The van der Waals surface area contributed by atoms with Crippen LogP contribution < -0.4 is 10.9 Å². The van der Waals surface area contributed by atoms with E-state index < -0.39 is 11.5 Å². The van der Waals surface area contributed by atoms with E-state index in [1.807, 2.05) is 19.9 Å². The number of hydrogen-bond donors (Lipinski definition) is 2. The lowest BCUT2D eigenvalue weighted by atomic mass is 9.75. The average molecular weight is 370 g/mol. The third-order valence-corrected chi connectivity index (χ3v) is 4.65. The fourth-order valence-corrected chi connectivity index (χ4v) is 3.34. The summed E-state index contributed by atoms with van der Waals surface area (Å²) in [6.45, 7) is 3.91. The second-order valence-electron chi connectivity index (χ2n) is 7.07. The number of aromatic amines is 1. The lowest BCUT2D eigenvalue weighted by molar-refractivity contribution is 0.0910. The van der Waals surface area contributed by atoms with Gasteiger partial charge < -0.3 is 10.3 Å². The fraction of sp³-hybridized carbons (Fsp3) is 0.263. The Morgan fingerprint density at radius 1 is 1.31 bits per heavy atom. The Labute approximate surface area is 154 Å². The van der Waals surface area contributed by atoms with Gasteiger partial charge in [0, 0.05) is 17.7 Å². The van der Waals surface area contributed by atoms with Crippen LogP contribution in [0.2, 0.25) is 5.02 Å². The van der Waals surface area contributed by atoms with Gasteiger partial charge in [-0.2, -0.15) is 5.26 Å². The van der Waals surface area contributed by atoms with Gasteiger partial charge >= 0.3 is 0 Å². The van der Waals surface area contributed by atoms with E-state index in [9.17, 15) is 19.6 Å². The first-order valence-corrected chi connectivity index (χ1v) is 8.39. The number of anilines is 1. The van der Waals surface area contributed by atoms with Gasteiger partial charge in [0.15, 0.2) is 5.78 Å². The maximum atomic E-state index is 12.5. The molecule has 6 nitrogen and oxygen atoms in total. The van der Waals surface area contributed by atoms with Crippen molar-refractivity contribution < 1.29 is 9.59 Å². The predicted molar refractivity (Wildman–Crippen MR) is 97.6 cm³/mol. The summed E-state index contributed by atoms with van der Waals surface area (Å²) in [7, 11) is 0. The monoisotopic (exact) mass is 369 g/mol. The molecule has 0 unspecified atom stereocenters. The van der Waals surface area contributed by atoms with E-state index >= 15 is 0 Å². The molecule has 1 aliphatic carbocycles. The molecule has 0 spiro atoms. The summed E-state index contributed by atoms with van der Waals surface area (Å²) < 4.78 is 0. The highest BCUT2D eigenvalue weighted by atomic mass is 35.5. The maximum absolute atomic E-state index is 12.5. The second kappa shape index (κ2) is 6.43. The fourth-order valence-electron chi connectivity index (χ4n) is 3.13. The molecule has 0 saturated carbocycles. The Hall–Kier alpha value is -2.91. The van der Waals surface area contributed by atoms with Crippen LogP contribution in [-0.2, 0) is 6.42 Å². The molecule has 2 N–H and O–H groups in total. The number of carbonyl (C=O) groups excluding carboxylic acids is 2. The molecule has 2 aromatic rings. The smallest absolute Gasteiger partial charge is 0.261 e. The van der Waals surface area contributed by atoms with E-state index in [1.165, 1.54) is 18.2 Å². The van der Waals surface area contributed by atoms with Gasteiger partial charge in [-0.25, -0.2) is 0 Å². The zero-order valence-corrected chi connectivity index (χ0v) is 15.0. The number of ketones is 1. The van der Waals surface area contributed by atoms with Gasteiger partial charge in [-0.1, -0.05) is 31.5 Å². The summed E-state index contributed by atoms with van der Waals surface area (Å²) in [4.78, 5) is 39.9. The number of benzene rings is 1. The van der Waals surface area contributed by atoms with Crippen molar-refractivity contribution in [1.82, 2.24) is 4.98 Å². The van der Waals surface area contributed by atoms with Crippen molar-refractivity contribution in [2.45, 2.75) is 26.7 Å². The number of rotatable bonds is 2. The van der Waals surface area contributed by atoms with Crippen LogP contribution in [0, 0.1) is 16.7 Å². The summed E-state index contributed by atoms with van der Waals surface area (Å²) in [6, 6.07) is 7.88. The van der Waals surface area contributed by atoms with Crippen molar-refractivity contribution in [3.8, 4) is 6.07 Å². The Bertz CT molecular complexity index is 1030. The number of amides is 1. The molecule has 1 heterocycles. The zero-order valence-electron chi connectivity index (χ0n) is 14.3. The van der Waals surface area contributed by atoms with Gasteiger partial charge in [-0.05, 0) is 30.0 Å². The largest absolute Gasteiger partial charge is 0.325 e. The molecule has 0 saturated heterocycles. The van der Waals surface area contributed by atoms with Crippen LogP contribution in [0.5, 0.6) is 0 Å². The van der Waals surface area contributed by atoms with Crippen LogP contribution in [0.15, 0.2) is 29.1 Å². The van der Waals surface area contributed by atoms with Gasteiger partial charge in [0.2, 0.25) is 0 Å². The summed E-state index contributed by atoms with van der Waals surface area (Å²) >= 11 is 5.94. The first-order valence-electron chi connectivity index (χ1n) is 8.01. The average Bonchev–Trinajstić information content (AvgIpc) is 2.53. The normalized spacial score (nSPS) is 15.1. The van der Waals surface area contributed by atoms with Crippen LogP contribution >= 0.6 is 11.6 Å². The number of nitrogens with one attached hydrogen (secondary N) is 2. The Morgan fingerprint density at radius 2 is 2.04 bits per heavy atom. The first kappa shape index (κ1) is 17.9. The lowest BCUT2D eigenvalue weighted by Gasteiger charge is -2.29. The van der Waals surface area contributed by atoms with Crippen molar-refractivity contribution >= 4 is 29.0 Å². The van der Waals surface area contributed by atoms with Crippen molar-refractivity contribution in [3.05, 3.63) is 62.0 Å². The van der Waals surface area contributed by atoms with Crippen molar-refractivity contribution in [1.29, 1.82) is 5.26 Å². The minimum absolute atomic E-state index is 0.106. The molecule has 0 atom stereocenters. The molecule has 1 aromatic heterocycles. The van der Waals surface area contributed by atoms with E-state index in [-0.39, 0.29) is 33.0 Å². The molecule has 0 bridgehead atoms. The molecule has 0 fully saturated rings. The summed E-state index contributed by atoms with van der Waals surface area (Å²) in [5.74, 6) is -0.813. The predicted octanol–water partition coefficient (Wildman–Crippen LogP) is 3.31. The molecule has 0 radical (unpaired) electrons. The first-order chi connectivity index (χ1) is 12.2.